The van der Waals surface area contributed by atoms with Crippen molar-refractivity contribution in [2.45, 2.75) is 42.4 Å². The number of halogens is 2. The third-order valence-corrected chi connectivity index (χ3v) is 6.59. The fourth-order valence-corrected chi connectivity index (χ4v) is 4.50. The Bertz CT molecular complexity index is 1020. The minimum atomic E-state index is -3.77. The first-order valence-electron chi connectivity index (χ1n) is 10.1. The van der Waals surface area contributed by atoms with Crippen LogP contribution in [0.5, 0.6) is 0 Å². The SMILES string of the molecule is O=C(Nc1ccccc1F)N[C@@H]1CC[C@@H](CCNS(=O)(=O)c2ccc(F)cc2)O[C@H]1CO. The van der Waals surface area contributed by atoms with Crippen LogP contribution in [0.3, 0.4) is 0 Å². The summed E-state index contributed by atoms with van der Waals surface area (Å²) < 4.78 is 59.4. The van der Waals surface area contributed by atoms with E-state index >= 15 is 0 Å². The quantitative estimate of drug-likeness (QED) is 0.474. The molecule has 4 N–H and O–H groups in total. The van der Waals surface area contributed by atoms with Crippen LogP contribution in [0.4, 0.5) is 19.3 Å². The van der Waals surface area contributed by atoms with Gasteiger partial charge in [-0.3, -0.25) is 0 Å². The zero-order chi connectivity index (χ0) is 23.1. The van der Waals surface area contributed by atoms with E-state index in [2.05, 4.69) is 15.4 Å². The topological polar surface area (TPSA) is 117 Å². The first-order valence-corrected chi connectivity index (χ1v) is 11.6. The lowest BCUT2D eigenvalue weighted by Gasteiger charge is -2.36. The fraction of sp³-hybridized carbons (Fsp3) is 0.381. The fourth-order valence-electron chi connectivity index (χ4n) is 3.45. The number of ether oxygens (including phenoxy) is 1. The number of urea groups is 1. The van der Waals surface area contributed by atoms with Crippen LogP contribution < -0.4 is 15.4 Å². The van der Waals surface area contributed by atoms with Gasteiger partial charge in [0.2, 0.25) is 10.0 Å². The maximum Gasteiger partial charge on any atom is 0.319 e. The van der Waals surface area contributed by atoms with E-state index in [1.807, 2.05) is 0 Å². The molecule has 0 saturated carbocycles. The summed E-state index contributed by atoms with van der Waals surface area (Å²) in [4.78, 5) is 12.1. The van der Waals surface area contributed by atoms with E-state index in [-0.39, 0.29) is 29.8 Å². The van der Waals surface area contributed by atoms with Crippen LogP contribution in [0.25, 0.3) is 0 Å². The molecule has 3 atom stereocenters. The maximum absolute atomic E-state index is 13.7. The van der Waals surface area contributed by atoms with Crippen LogP contribution in [0.1, 0.15) is 19.3 Å². The van der Waals surface area contributed by atoms with Gasteiger partial charge in [0.25, 0.3) is 0 Å². The highest BCUT2D eigenvalue weighted by Gasteiger charge is 2.32. The van der Waals surface area contributed by atoms with E-state index in [4.69, 9.17) is 4.74 Å². The molecule has 3 rings (SSSR count). The molecule has 11 heteroatoms. The molecule has 174 valence electrons. The van der Waals surface area contributed by atoms with Crippen molar-refractivity contribution in [3.63, 3.8) is 0 Å². The minimum absolute atomic E-state index is 0.0357. The summed E-state index contributed by atoms with van der Waals surface area (Å²) in [5, 5.41) is 14.8. The molecule has 0 spiro atoms. The number of nitrogens with one attached hydrogen (secondary N) is 3. The van der Waals surface area contributed by atoms with Crippen LogP contribution in [-0.4, -0.2) is 51.0 Å². The van der Waals surface area contributed by atoms with Crippen LogP contribution in [0.15, 0.2) is 53.4 Å². The zero-order valence-electron chi connectivity index (χ0n) is 17.1. The number of anilines is 1. The Morgan fingerprint density at radius 1 is 1.09 bits per heavy atom. The number of hydrogen-bond donors (Lipinski definition) is 4. The van der Waals surface area contributed by atoms with E-state index in [0.29, 0.717) is 19.3 Å². The molecule has 1 aliphatic rings. The third-order valence-electron chi connectivity index (χ3n) is 5.12. The first-order chi connectivity index (χ1) is 15.3. The van der Waals surface area contributed by atoms with Gasteiger partial charge in [0.1, 0.15) is 17.7 Å². The Kier molecular flexibility index (Phi) is 8.13. The summed E-state index contributed by atoms with van der Waals surface area (Å²) >= 11 is 0. The summed E-state index contributed by atoms with van der Waals surface area (Å²) in [6, 6.07) is 9.15. The van der Waals surface area contributed by atoms with Crippen molar-refractivity contribution in [2.24, 2.45) is 0 Å². The van der Waals surface area contributed by atoms with Gasteiger partial charge in [-0.1, -0.05) is 12.1 Å². The van der Waals surface area contributed by atoms with Crippen molar-refractivity contribution in [1.82, 2.24) is 10.0 Å². The molecule has 0 aromatic heterocycles. The molecule has 0 radical (unpaired) electrons. The van der Waals surface area contributed by atoms with Gasteiger partial charge in [-0.25, -0.2) is 26.7 Å². The molecule has 0 aliphatic carbocycles. The summed E-state index contributed by atoms with van der Waals surface area (Å²) in [5.41, 5.74) is 0.0357. The second-order valence-corrected chi connectivity index (χ2v) is 9.15. The van der Waals surface area contributed by atoms with Gasteiger partial charge in [0.15, 0.2) is 0 Å². The lowest BCUT2D eigenvalue weighted by Crippen LogP contribution is -2.52. The van der Waals surface area contributed by atoms with Crippen molar-refractivity contribution in [1.29, 1.82) is 0 Å². The van der Waals surface area contributed by atoms with Crippen LogP contribution >= 0.6 is 0 Å². The molecule has 1 saturated heterocycles. The average molecular weight is 470 g/mol. The van der Waals surface area contributed by atoms with Crippen LogP contribution in [0.2, 0.25) is 0 Å². The van der Waals surface area contributed by atoms with E-state index in [0.717, 1.165) is 12.1 Å². The minimum Gasteiger partial charge on any atom is -0.394 e. The van der Waals surface area contributed by atoms with Crippen LogP contribution in [0, 0.1) is 11.6 Å². The molecule has 0 unspecified atom stereocenters. The maximum atomic E-state index is 13.7. The van der Waals surface area contributed by atoms with Gasteiger partial charge < -0.3 is 20.5 Å². The van der Waals surface area contributed by atoms with E-state index in [1.54, 1.807) is 6.07 Å². The number of aliphatic hydroxyl groups is 1. The number of carbonyl (C=O) groups is 1. The molecular formula is C21H25F2N3O5S. The predicted molar refractivity (Wildman–Crippen MR) is 114 cm³/mol. The van der Waals surface area contributed by atoms with Gasteiger partial charge >= 0.3 is 6.03 Å². The highest BCUT2D eigenvalue weighted by atomic mass is 32.2. The molecule has 8 nitrogen and oxygen atoms in total. The number of amides is 2. The summed E-state index contributed by atoms with van der Waals surface area (Å²) in [6.07, 6.45) is 0.361. The summed E-state index contributed by atoms with van der Waals surface area (Å²) in [7, 11) is -3.77. The molecule has 2 aromatic rings. The standard InChI is InChI=1S/C21H25F2N3O5S/c22-14-5-8-16(9-6-14)32(29,30)24-12-11-15-7-10-19(20(13-27)31-15)26-21(28)25-18-4-2-1-3-17(18)23/h1-6,8-9,15,19-20,24,27H,7,10-13H2,(H2,25,26,28)/t15-,19+,20-/m0/s1. The van der Waals surface area contributed by atoms with E-state index in [9.17, 15) is 27.1 Å². The largest absolute Gasteiger partial charge is 0.394 e. The molecule has 2 amide bonds. The zero-order valence-corrected chi connectivity index (χ0v) is 17.9. The van der Waals surface area contributed by atoms with Crippen molar-refractivity contribution in [3.8, 4) is 0 Å². The Morgan fingerprint density at radius 3 is 2.50 bits per heavy atom. The second kappa shape index (κ2) is 10.8. The van der Waals surface area contributed by atoms with E-state index < -0.39 is 39.8 Å². The Balaban J connectivity index is 1.47. The summed E-state index contributed by atoms with van der Waals surface area (Å²) in [5.74, 6) is -1.09. The lowest BCUT2D eigenvalue weighted by atomic mass is 9.97. The van der Waals surface area contributed by atoms with Crippen molar-refractivity contribution in [3.05, 3.63) is 60.2 Å². The Labute approximate surface area is 185 Å². The number of aliphatic hydroxyl groups excluding tert-OH is 1. The van der Waals surface area contributed by atoms with Gasteiger partial charge in [-0.15, -0.1) is 0 Å². The Hall–Kier alpha value is -2.60. The Morgan fingerprint density at radius 2 is 1.81 bits per heavy atom. The van der Waals surface area contributed by atoms with E-state index in [1.165, 1.54) is 30.3 Å². The molecule has 2 aromatic carbocycles. The number of sulfonamides is 1. The average Bonchev–Trinajstić information content (AvgIpc) is 2.76. The molecule has 1 fully saturated rings. The smallest absolute Gasteiger partial charge is 0.319 e. The molecule has 32 heavy (non-hydrogen) atoms. The number of carbonyl (C=O) groups excluding carboxylic acids is 1. The lowest BCUT2D eigenvalue weighted by molar-refractivity contribution is -0.0884. The van der Waals surface area contributed by atoms with Crippen LogP contribution in [-0.2, 0) is 14.8 Å². The first kappa shape index (κ1) is 24.1. The number of benzene rings is 2. The van der Waals surface area contributed by atoms with Crippen molar-refractivity contribution in [2.75, 3.05) is 18.5 Å². The predicted octanol–water partition coefficient (Wildman–Crippen LogP) is 2.36. The molecule has 1 heterocycles. The molecular weight excluding hydrogens is 444 g/mol. The van der Waals surface area contributed by atoms with Crippen molar-refractivity contribution >= 4 is 21.7 Å². The number of para-hydroxylation sites is 1. The molecule has 0 bridgehead atoms. The number of rotatable bonds is 8. The van der Waals surface area contributed by atoms with Gasteiger partial charge in [0.05, 0.1) is 29.3 Å². The second-order valence-electron chi connectivity index (χ2n) is 7.38. The number of hydrogen-bond acceptors (Lipinski definition) is 5. The van der Waals surface area contributed by atoms with Gasteiger partial charge in [-0.2, -0.15) is 0 Å². The van der Waals surface area contributed by atoms with Crippen molar-refractivity contribution < 1.29 is 31.8 Å². The molecule has 1 aliphatic heterocycles. The highest BCUT2D eigenvalue weighted by molar-refractivity contribution is 7.89. The highest BCUT2D eigenvalue weighted by Crippen LogP contribution is 2.22. The van der Waals surface area contributed by atoms with Gasteiger partial charge in [-0.05, 0) is 55.7 Å². The third kappa shape index (κ3) is 6.45. The van der Waals surface area contributed by atoms with Gasteiger partial charge in [0, 0.05) is 6.54 Å². The normalized spacial score (nSPS) is 21.2. The monoisotopic (exact) mass is 469 g/mol. The summed E-state index contributed by atoms with van der Waals surface area (Å²) in [6.45, 7) is -0.253.